The lowest BCUT2D eigenvalue weighted by atomic mass is 10.2. The van der Waals surface area contributed by atoms with Crippen LogP contribution in [-0.2, 0) is 0 Å². The minimum Gasteiger partial charge on any atom is -0.344 e. The summed E-state index contributed by atoms with van der Waals surface area (Å²) in [5.41, 5.74) is 0.583. The van der Waals surface area contributed by atoms with Gasteiger partial charge in [-0.2, -0.15) is 0 Å². The van der Waals surface area contributed by atoms with Gasteiger partial charge < -0.3 is 4.98 Å². The fraction of sp³-hybridized carbons (Fsp3) is 0.125. The molecule has 0 bridgehead atoms. The molecule has 1 heterocycles. The van der Waals surface area contributed by atoms with Crippen LogP contribution >= 0.6 is 0 Å². The molecular formula is C8H6F2N2. The molecule has 0 spiro atoms. The predicted octanol–water partition coefficient (Wildman–Crippen LogP) is 2.15. The van der Waals surface area contributed by atoms with Crippen molar-refractivity contribution in [2.45, 2.75) is 6.92 Å². The summed E-state index contributed by atoms with van der Waals surface area (Å²) < 4.78 is 26.1. The number of nitrogens with zero attached hydrogens (tertiary/aromatic N) is 1. The molecule has 0 amide bonds. The number of aromatic amines is 1. The maximum atomic E-state index is 13.2. The SMILES string of the molecule is Cc1c(F)cc2[nH]cnc2c1F. The molecule has 0 saturated carbocycles. The van der Waals surface area contributed by atoms with E-state index in [9.17, 15) is 8.78 Å². The van der Waals surface area contributed by atoms with Gasteiger partial charge in [0.1, 0.15) is 11.3 Å². The van der Waals surface area contributed by atoms with E-state index in [0.29, 0.717) is 5.52 Å². The molecular weight excluding hydrogens is 162 g/mol. The zero-order valence-corrected chi connectivity index (χ0v) is 6.36. The number of aromatic nitrogens is 2. The van der Waals surface area contributed by atoms with E-state index in [1.54, 1.807) is 0 Å². The number of rotatable bonds is 0. The molecule has 2 rings (SSSR count). The highest BCUT2D eigenvalue weighted by atomic mass is 19.1. The first-order valence-electron chi connectivity index (χ1n) is 3.48. The molecule has 0 aliphatic rings. The van der Waals surface area contributed by atoms with Gasteiger partial charge in [0.25, 0.3) is 0 Å². The summed E-state index contributed by atoms with van der Waals surface area (Å²) >= 11 is 0. The number of fused-ring (bicyclic) bond motifs is 1. The summed E-state index contributed by atoms with van der Waals surface area (Å²) in [6.07, 6.45) is 1.34. The van der Waals surface area contributed by atoms with Crippen LogP contribution in [-0.4, -0.2) is 9.97 Å². The Hall–Kier alpha value is -1.45. The van der Waals surface area contributed by atoms with E-state index in [1.807, 2.05) is 0 Å². The fourth-order valence-electron chi connectivity index (χ4n) is 1.11. The van der Waals surface area contributed by atoms with Crippen molar-refractivity contribution in [3.63, 3.8) is 0 Å². The number of imidazole rings is 1. The highest BCUT2D eigenvalue weighted by Crippen LogP contribution is 2.19. The normalized spacial score (nSPS) is 10.9. The number of nitrogens with one attached hydrogen (secondary N) is 1. The molecule has 0 saturated heterocycles. The third-order valence-corrected chi connectivity index (χ3v) is 1.84. The van der Waals surface area contributed by atoms with E-state index in [4.69, 9.17) is 0 Å². The topological polar surface area (TPSA) is 28.7 Å². The number of hydrogen-bond donors (Lipinski definition) is 1. The molecule has 0 radical (unpaired) electrons. The van der Waals surface area contributed by atoms with E-state index >= 15 is 0 Å². The summed E-state index contributed by atoms with van der Waals surface area (Å²) in [4.78, 5) is 6.36. The molecule has 4 heteroatoms. The Kier molecular flexibility index (Phi) is 1.36. The van der Waals surface area contributed by atoms with Gasteiger partial charge in [0.15, 0.2) is 5.82 Å². The van der Waals surface area contributed by atoms with Crippen LogP contribution in [0.25, 0.3) is 11.0 Å². The standard InChI is InChI=1S/C8H6F2N2/c1-4-5(9)2-6-8(7(4)10)12-3-11-6/h2-3H,1H3,(H,11,12). The van der Waals surface area contributed by atoms with Crippen molar-refractivity contribution in [1.82, 2.24) is 9.97 Å². The smallest absolute Gasteiger partial charge is 0.156 e. The third-order valence-electron chi connectivity index (χ3n) is 1.84. The van der Waals surface area contributed by atoms with Gasteiger partial charge in [0, 0.05) is 11.6 Å². The number of benzene rings is 1. The zero-order chi connectivity index (χ0) is 8.72. The predicted molar refractivity (Wildman–Crippen MR) is 40.7 cm³/mol. The molecule has 1 aromatic carbocycles. The van der Waals surface area contributed by atoms with E-state index in [0.717, 1.165) is 0 Å². The van der Waals surface area contributed by atoms with Crippen molar-refractivity contribution in [2.75, 3.05) is 0 Å². The number of H-pyrrole nitrogens is 1. The van der Waals surface area contributed by atoms with Crippen LogP contribution in [0.15, 0.2) is 12.4 Å². The Morgan fingerprint density at radius 1 is 1.42 bits per heavy atom. The fourth-order valence-corrected chi connectivity index (χ4v) is 1.11. The van der Waals surface area contributed by atoms with Crippen LogP contribution in [0.4, 0.5) is 8.78 Å². The van der Waals surface area contributed by atoms with Crippen LogP contribution in [0.1, 0.15) is 5.56 Å². The number of hydrogen-bond acceptors (Lipinski definition) is 1. The van der Waals surface area contributed by atoms with Gasteiger partial charge in [0.05, 0.1) is 11.8 Å². The first kappa shape index (κ1) is 7.21. The van der Waals surface area contributed by atoms with Crippen molar-refractivity contribution >= 4 is 11.0 Å². The van der Waals surface area contributed by atoms with Crippen LogP contribution in [0, 0.1) is 18.6 Å². The van der Waals surface area contributed by atoms with Crippen molar-refractivity contribution in [1.29, 1.82) is 0 Å². The van der Waals surface area contributed by atoms with E-state index in [2.05, 4.69) is 9.97 Å². The van der Waals surface area contributed by atoms with Gasteiger partial charge in [0.2, 0.25) is 0 Å². The summed E-state index contributed by atoms with van der Waals surface area (Å²) in [5, 5.41) is 0. The van der Waals surface area contributed by atoms with Gasteiger partial charge in [-0.25, -0.2) is 13.8 Å². The van der Waals surface area contributed by atoms with Crippen LogP contribution in [0.3, 0.4) is 0 Å². The van der Waals surface area contributed by atoms with Crippen molar-refractivity contribution in [2.24, 2.45) is 0 Å². The largest absolute Gasteiger partial charge is 0.344 e. The second-order valence-electron chi connectivity index (χ2n) is 2.60. The van der Waals surface area contributed by atoms with Crippen molar-refractivity contribution < 1.29 is 8.78 Å². The monoisotopic (exact) mass is 168 g/mol. The third kappa shape index (κ3) is 0.809. The first-order valence-corrected chi connectivity index (χ1v) is 3.48. The van der Waals surface area contributed by atoms with Gasteiger partial charge in [-0.05, 0) is 6.92 Å². The Morgan fingerprint density at radius 3 is 2.92 bits per heavy atom. The summed E-state index contributed by atoms with van der Waals surface area (Å²) in [6.45, 7) is 1.39. The molecule has 12 heavy (non-hydrogen) atoms. The Bertz CT molecular complexity index is 434. The Balaban J connectivity index is 2.94. The van der Waals surface area contributed by atoms with Crippen LogP contribution in [0.2, 0.25) is 0 Å². The molecule has 0 aliphatic carbocycles. The van der Waals surface area contributed by atoms with Crippen molar-refractivity contribution in [3.8, 4) is 0 Å². The minimum atomic E-state index is -0.591. The summed E-state index contributed by atoms with van der Waals surface area (Å²) in [7, 11) is 0. The molecule has 0 fully saturated rings. The second kappa shape index (κ2) is 2.27. The Labute approximate surface area is 67.2 Å². The quantitative estimate of drug-likeness (QED) is 0.641. The molecule has 1 N–H and O–H groups in total. The van der Waals surface area contributed by atoms with Gasteiger partial charge >= 0.3 is 0 Å². The molecule has 2 aromatic rings. The molecule has 0 unspecified atom stereocenters. The average molecular weight is 168 g/mol. The van der Waals surface area contributed by atoms with Crippen LogP contribution < -0.4 is 0 Å². The summed E-state index contributed by atoms with van der Waals surface area (Å²) in [5.74, 6) is -1.14. The van der Waals surface area contributed by atoms with E-state index in [1.165, 1.54) is 19.3 Å². The van der Waals surface area contributed by atoms with Crippen molar-refractivity contribution in [3.05, 3.63) is 29.6 Å². The first-order chi connectivity index (χ1) is 5.70. The highest BCUT2D eigenvalue weighted by molar-refractivity contribution is 5.76. The van der Waals surface area contributed by atoms with E-state index in [-0.39, 0.29) is 11.1 Å². The molecule has 0 aliphatic heterocycles. The second-order valence-corrected chi connectivity index (χ2v) is 2.60. The molecule has 0 atom stereocenters. The van der Waals surface area contributed by atoms with Gasteiger partial charge in [-0.1, -0.05) is 0 Å². The Morgan fingerprint density at radius 2 is 2.17 bits per heavy atom. The van der Waals surface area contributed by atoms with E-state index < -0.39 is 11.6 Å². The maximum Gasteiger partial charge on any atom is 0.156 e. The summed E-state index contributed by atoms with van der Waals surface area (Å²) in [6, 6.07) is 1.24. The molecule has 2 nitrogen and oxygen atoms in total. The average Bonchev–Trinajstić information content (AvgIpc) is 2.48. The maximum absolute atomic E-state index is 13.2. The van der Waals surface area contributed by atoms with Gasteiger partial charge in [-0.15, -0.1) is 0 Å². The number of halogens is 2. The lowest BCUT2D eigenvalue weighted by molar-refractivity contribution is 0.575. The highest BCUT2D eigenvalue weighted by Gasteiger charge is 2.10. The minimum absolute atomic E-state index is 0.00889. The lowest BCUT2D eigenvalue weighted by Crippen LogP contribution is -1.89. The molecule has 62 valence electrons. The van der Waals surface area contributed by atoms with Gasteiger partial charge in [-0.3, -0.25) is 0 Å². The van der Waals surface area contributed by atoms with Crippen LogP contribution in [0.5, 0.6) is 0 Å². The molecule has 1 aromatic heterocycles. The lowest BCUT2D eigenvalue weighted by Gasteiger charge is -1.97. The zero-order valence-electron chi connectivity index (χ0n) is 6.36.